The maximum Gasteiger partial charge on any atom is 0.404 e. The summed E-state index contributed by atoms with van der Waals surface area (Å²) >= 11 is 0. The van der Waals surface area contributed by atoms with Gasteiger partial charge in [0.05, 0.1) is 12.0 Å². The van der Waals surface area contributed by atoms with E-state index in [0.717, 1.165) is 10.8 Å². The quantitative estimate of drug-likeness (QED) is 0.518. The number of aromatic nitrogens is 1. The third kappa shape index (κ3) is 3.93. The molecule has 2 aromatic heterocycles. The Morgan fingerprint density at radius 2 is 2.08 bits per heavy atom. The molecule has 2 atom stereocenters. The molecule has 136 valence electrons. The minimum atomic E-state index is -1.03. The lowest BCUT2D eigenvalue weighted by atomic mass is 10.0. The zero-order valence-corrected chi connectivity index (χ0v) is 14.6. The number of rotatable bonds is 6. The van der Waals surface area contributed by atoms with Crippen LogP contribution in [0.2, 0.25) is 0 Å². The molecular weight excluding hydrogens is 336 g/mol. The number of benzene rings is 1. The predicted molar refractivity (Wildman–Crippen MR) is 97.7 cm³/mol. The number of fused-ring (bicyclic) bond motifs is 3. The molecule has 0 aliphatic heterocycles. The molecule has 7 nitrogen and oxygen atoms in total. The molecule has 0 spiro atoms. The van der Waals surface area contributed by atoms with Gasteiger partial charge in [-0.15, -0.1) is 0 Å². The fourth-order valence-corrected chi connectivity index (χ4v) is 3.03. The molecule has 0 saturated carbocycles. The third-order valence-corrected chi connectivity index (χ3v) is 4.15. The summed E-state index contributed by atoms with van der Waals surface area (Å²) in [5, 5.41) is 13.2. The number of nitrogens with one attached hydrogen (secondary N) is 1. The zero-order chi connectivity index (χ0) is 18.7. The Balaban J connectivity index is 1.74. The van der Waals surface area contributed by atoms with Crippen LogP contribution in [0.4, 0.5) is 4.79 Å². The first-order valence-corrected chi connectivity index (χ1v) is 8.37. The summed E-state index contributed by atoms with van der Waals surface area (Å²) in [5.41, 5.74) is 0.0273. The highest BCUT2D eigenvalue weighted by molar-refractivity contribution is 6.04. The van der Waals surface area contributed by atoms with Crippen LogP contribution in [-0.4, -0.2) is 28.8 Å². The van der Waals surface area contributed by atoms with E-state index >= 15 is 0 Å². The second kappa shape index (κ2) is 7.43. The summed E-state index contributed by atoms with van der Waals surface area (Å²) in [5.74, 6) is 0.752. The average Bonchev–Trinajstić information content (AvgIpc) is 2.59. The SMILES string of the molecule is CC(COc1ccc2c(c1)oc(=O)c1cnccc12)CC(C)NC(=O)O. The highest BCUT2D eigenvalue weighted by Gasteiger charge is 2.12. The molecule has 2 N–H and O–H groups in total. The lowest BCUT2D eigenvalue weighted by Crippen LogP contribution is -2.33. The summed E-state index contributed by atoms with van der Waals surface area (Å²) in [6.07, 6.45) is 2.77. The van der Waals surface area contributed by atoms with Gasteiger partial charge in [-0.1, -0.05) is 6.92 Å². The number of pyridine rings is 1. The van der Waals surface area contributed by atoms with Crippen molar-refractivity contribution < 1.29 is 19.1 Å². The van der Waals surface area contributed by atoms with Gasteiger partial charge in [0, 0.05) is 35.3 Å². The third-order valence-electron chi connectivity index (χ3n) is 4.15. The number of carbonyl (C=O) groups is 1. The molecule has 2 heterocycles. The van der Waals surface area contributed by atoms with E-state index in [1.807, 2.05) is 26.0 Å². The molecule has 0 aliphatic carbocycles. The van der Waals surface area contributed by atoms with Gasteiger partial charge in [0.2, 0.25) is 0 Å². The van der Waals surface area contributed by atoms with Gasteiger partial charge in [-0.25, -0.2) is 9.59 Å². The second-order valence-corrected chi connectivity index (χ2v) is 6.47. The molecule has 1 aromatic carbocycles. The Hall–Kier alpha value is -3.09. The fraction of sp³-hybridized carbons (Fsp3) is 0.316. The molecule has 0 saturated heterocycles. The molecule has 2 unspecified atom stereocenters. The van der Waals surface area contributed by atoms with Gasteiger partial charge in [0.1, 0.15) is 11.3 Å². The number of nitrogens with zero attached hydrogens (tertiary/aromatic N) is 1. The Morgan fingerprint density at radius 1 is 1.27 bits per heavy atom. The number of amides is 1. The second-order valence-electron chi connectivity index (χ2n) is 6.47. The van der Waals surface area contributed by atoms with Gasteiger partial charge in [-0.05, 0) is 37.5 Å². The zero-order valence-electron chi connectivity index (χ0n) is 14.6. The van der Waals surface area contributed by atoms with Crippen LogP contribution in [0.1, 0.15) is 20.3 Å². The summed E-state index contributed by atoms with van der Waals surface area (Å²) in [6.45, 7) is 4.23. The van der Waals surface area contributed by atoms with Crippen LogP contribution in [0.25, 0.3) is 21.7 Å². The van der Waals surface area contributed by atoms with Gasteiger partial charge in [0.25, 0.3) is 0 Å². The molecule has 0 bridgehead atoms. The maximum absolute atomic E-state index is 12.1. The topological polar surface area (TPSA) is 102 Å². The van der Waals surface area contributed by atoms with E-state index < -0.39 is 11.7 Å². The summed E-state index contributed by atoms with van der Waals surface area (Å²) in [6, 6.07) is 7.01. The van der Waals surface area contributed by atoms with Crippen molar-refractivity contribution in [2.45, 2.75) is 26.3 Å². The summed E-state index contributed by atoms with van der Waals surface area (Å²) < 4.78 is 11.2. The lowest BCUT2D eigenvalue weighted by Gasteiger charge is -2.18. The molecule has 0 radical (unpaired) electrons. The first-order valence-electron chi connectivity index (χ1n) is 8.37. The van der Waals surface area contributed by atoms with Gasteiger partial charge < -0.3 is 19.6 Å². The van der Waals surface area contributed by atoms with Crippen LogP contribution >= 0.6 is 0 Å². The van der Waals surface area contributed by atoms with Crippen molar-refractivity contribution in [3.05, 3.63) is 47.1 Å². The minimum Gasteiger partial charge on any atom is -0.493 e. The molecule has 0 aliphatic rings. The normalized spacial score (nSPS) is 13.5. The monoisotopic (exact) mass is 356 g/mol. The van der Waals surface area contributed by atoms with E-state index in [0.29, 0.717) is 29.7 Å². The predicted octanol–water partition coefficient (Wildman–Crippen LogP) is 3.40. The highest BCUT2D eigenvalue weighted by atomic mass is 16.5. The van der Waals surface area contributed by atoms with Crippen LogP contribution in [0.5, 0.6) is 5.75 Å². The van der Waals surface area contributed by atoms with E-state index in [2.05, 4.69) is 10.3 Å². The maximum atomic E-state index is 12.1. The van der Waals surface area contributed by atoms with Crippen LogP contribution in [0.3, 0.4) is 0 Å². The van der Waals surface area contributed by atoms with Gasteiger partial charge in [-0.2, -0.15) is 0 Å². The summed E-state index contributed by atoms with van der Waals surface area (Å²) in [7, 11) is 0. The van der Waals surface area contributed by atoms with Crippen molar-refractivity contribution >= 4 is 27.8 Å². The molecule has 3 rings (SSSR count). The van der Waals surface area contributed by atoms with E-state index in [1.165, 1.54) is 6.20 Å². The van der Waals surface area contributed by atoms with Gasteiger partial charge >= 0.3 is 11.7 Å². The van der Waals surface area contributed by atoms with E-state index in [4.69, 9.17) is 14.3 Å². The number of ether oxygens (including phenoxy) is 1. The van der Waals surface area contributed by atoms with Gasteiger partial charge in [0.15, 0.2) is 0 Å². The van der Waals surface area contributed by atoms with Gasteiger partial charge in [-0.3, -0.25) is 4.98 Å². The van der Waals surface area contributed by atoms with Crippen LogP contribution in [-0.2, 0) is 0 Å². The van der Waals surface area contributed by atoms with E-state index in [1.54, 1.807) is 18.3 Å². The van der Waals surface area contributed by atoms with E-state index in [-0.39, 0.29) is 12.0 Å². The Labute approximate surface area is 149 Å². The van der Waals surface area contributed by atoms with Crippen molar-refractivity contribution in [3.63, 3.8) is 0 Å². The van der Waals surface area contributed by atoms with E-state index in [9.17, 15) is 9.59 Å². The molecule has 3 aromatic rings. The first kappa shape index (κ1) is 17.7. The fourth-order valence-electron chi connectivity index (χ4n) is 3.03. The molecular formula is C19H20N2O5. The number of carboxylic acid groups (broad SMARTS) is 1. The van der Waals surface area contributed by atoms with Crippen molar-refractivity contribution in [3.8, 4) is 5.75 Å². The first-order chi connectivity index (χ1) is 12.4. The number of hydrogen-bond donors (Lipinski definition) is 2. The van der Waals surface area contributed by atoms with Crippen molar-refractivity contribution in [2.75, 3.05) is 6.61 Å². The Morgan fingerprint density at radius 3 is 2.85 bits per heavy atom. The number of hydrogen-bond acceptors (Lipinski definition) is 5. The van der Waals surface area contributed by atoms with Crippen molar-refractivity contribution in [1.82, 2.24) is 10.3 Å². The smallest absolute Gasteiger partial charge is 0.404 e. The van der Waals surface area contributed by atoms with Crippen LogP contribution in [0, 0.1) is 5.92 Å². The molecule has 1 amide bonds. The highest BCUT2D eigenvalue weighted by Crippen LogP contribution is 2.26. The Kier molecular flexibility index (Phi) is 5.06. The molecule has 7 heteroatoms. The average molecular weight is 356 g/mol. The largest absolute Gasteiger partial charge is 0.493 e. The molecule has 0 fully saturated rings. The standard InChI is InChI=1S/C19H20N2O5/c1-11(7-12(2)21-19(23)24)10-25-13-3-4-15-14-5-6-20-9-16(14)18(22)26-17(15)8-13/h3-6,8-9,11-12,21H,7,10H2,1-2H3,(H,23,24). The Bertz CT molecular complexity index is 998. The minimum absolute atomic E-state index is 0.152. The van der Waals surface area contributed by atoms with Crippen LogP contribution in [0.15, 0.2) is 45.9 Å². The van der Waals surface area contributed by atoms with Crippen LogP contribution < -0.4 is 15.7 Å². The lowest BCUT2D eigenvalue weighted by molar-refractivity contribution is 0.185. The summed E-state index contributed by atoms with van der Waals surface area (Å²) in [4.78, 5) is 26.7. The van der Waals surface area contributed by atoms with Crippen molar-refractivity contribution in [2.24, 2.45) is 5.92 Å². The molecule has 26 heavy (non-hydrogen) atoms. The van der Waals surface area contributed by atoms with Crippen molar-refractivity contribution in [1.29, 1.82) is 0 Å².